The van der Waals surface area contributed by atoms with Gasteiger partial charge < -0.3 is 10.6 Å². The fraction of sp³-hybridized carbons (Fsp3) is 0.588. The zero-order valence-electron chi connectivity index (χ0n) is 12.9. The Hall–Kier alpha value is -1.13. The lowest BCUT2D eigenvalue weighted by atomic mass is 9.91. The maximum Gasteiger partial charge on any atom is 0.223 e. The third-order valence-corrected chi connectivity index (χ3v) is 5.13. The SMILES string of the molecule is CC(CNC(=O)C1CC12CCNCC2)c1ccc(F)cc1.Cl. The lowest BCUT2D eigenvalue weighted by Gasteiger charge is -2.23. The second kappa shape index (κ2) is 6.97. The number of rotatable bonds is 4. The van der Waals surface area contributed by atoms with Crippen LogP contribution in [0.15, 0.2) is 24.3 Å². The maximum atomic E-state index is 12.9. The van der Waals surface area contributed by atoms with Crippen molar-refractivity contribution in [3.05, 3.63) is 35.6 Å². The predicted octanol–water partition coefficient (Wildman–Crippen LogP) is 2.86. The van der Waals surface area contributed by atoms with E-state index in [1.165, 1.54) is 12.1 Å². The molecular formula is C17H24ClFN2O. The monoisotopic (exact) mass is 326 g/mol. The van der Waals surface area contributed by atoms with E-state index in [9.17, 15) is 9.18 Å². The first kappa shape index (κ1) is 17.2. The molecule has 2 atom stereocenters. The molecule has 1 amide bonds. The Labute approximate surface area is 137 Å². The molecule has 1 aliphatic carbocycles. The highest BCUT2D eigenvalue weighted by molar-refractivity contribution is 5.85. The van der Waals surface area contributed by atoms with Crippen LogP contribution < -0.4 is 10.6 Å². The van der Waals surface area contributed by atoms with Crippen LogP contribution in [0.4, 0.5) is 4.39 Å². The molecule has 1 aromatic rings. The molecular weight excluding hydrogens is 303 g/mol. The van der Waals surface area contributed by atoms with E-state index in [4.69, 9.17) is 0 Å². The Morgan fingerprint density at radius 3 is 2.64 bits per heavy atom. The topological polar surface area (TPSA) is 41.1 Å². The van der Waals surface area contributed by atoms with E-state index in [2.05, 4.69) is 17.6 Å². The van der Waals surface area contributed by atoms with Crippen molar-refractivity contribution < 1.29 is 9.18 Å². The van der Waals surface area contributed by atoms with E-state index in [1.807, 2.05) is 0 Å². The van der Waals surface area contributed by atoms with Crippen LogP contribution in [-0.2, 0) is 4.79 Å². The minimum absolute atomic E-state index is 0. The number of hydrogen-bond acceptors (Lipinski definition) is 2. The number of nitrogens with one attached hydrogen (secondary N) is 2. The third-order valence-electron chi connectivity index (χ3n) is 5.13. The average molecular weight is 327 g/mol. The molecule has 1 spiro atoms. The van der Waals surface area contributed by atoms with Gasteiger partial charge in [-0.15, -0.1) is 12.4 Å². The molecule has 1 saturated carbocycles. The van der Waals surface area contributed by atoms with Crippen molar-refractivity contribution in [2.45, 2.75) is 32.1 Å². The molecule has 0 radical (unpaired) electrons. The van der Waals surface area contributed by atoms with Gasteiger partial charge in [-0.2, -0.15) is 0 Å². The quantitative estimate of drug-likeness (QED) is 0.893. The number of amides is 1. The highest BCUT2D eigenvalue weighted by Gasteiger charge is 2.57. The fourth-order valence-electron chi connectivity index (χ4n) is 3.48. The third kappa shape index (κ3) is 3.61. The van der Waals surface area contributed by atoms with Gasteiger partial charge in [0.1, 0.15) is 5.82 Å². The van der Waals surface area contributed by atoms with Crippen molar-refractivity contribution in [1.29, 1.82) is 0 Å². The summed E-state index contributed by atoms with van der Waals surface area (Å²) in [6.45, 7) is 4.75. The van der Waals surface area contributed by atoms with Gasteiger partial charge in [-0.25, -0.2) is 4.39 Å². The average Bonchev–Trinajstić information content (AvgIpc) is 3.19. The van der Waals surface area contributed by atoms with Gasteiger partial charge in [0.25, 0.3) is 0 Å². The predicted molar refractivity (Wildman–Crippen MR) is 87.7 cm³/mol. The molecule has 1 aromatic carbocycles. The van der Waals surface area contributed by atoms with E-state index >= 15 is 0 Å². The van der Waals surface area contributed by atoms with Gasteiger partial charge in [0, 0.05) is 12.5 Å². The minimum atomic E-state index is -0.221. The molecule has 3 nitrogen and oxygen atoms in total. The lowest BCUT2D eigenvalue weighted by Crippen LogP contribution is -2.34. The summed E-state index contributed by atoms with van der Waals surface area (Å²) in [5.74, 6) is 0.393. The number of carbonyl (C=O) groups is 1. The molecule has 2 aliphatic rings. The summed E-state index contributed by atoms with van der Waals surface area (Å²) in [5, 5.41) is 6.43. The van der Waals surface area contributed by atoms with Crippen molar-refractivity contribution in [3.8, 4) is 0 Å². The number of halogens is 2. The summed E-state index contributed by atoms with van der Waals surface area (Å²) < 4.78 is 12.9. The molecule has 2 unspecified atom stereocenters. The summed E-state index contributed by atoms with van der Waals surface area (Å²) >= 11 is 0. The van der Waals surface area contributed by atoms with E-state index in [0.717, 1.165) is 37.9 Å². The van der Waals surface area contributed by atoms with Crippen LogP contribution >= 0.6 is 12.4 Å². The molecule has 2 N–H and O–H groups in total. The van der Waals surface area contributed by atoms with Crippen LogP contribution in [0.1, 0.15) is 37.7 Å². The van der Waals surface area contributed by atoms with Gasteiger partial charge in [-0.05, 0) is 61.4 Å². The van der Waals surface area contributed by atoms with Crippen molar-refractivity contribution in [2.24, 2.45) is 11.3 Å². The van der Waals surface area contributed by atoms with Crippen LogP contribution in [0.2, 0.25) is 0 Å². The van der Waals surface area contributed by atoms with Crippen LogP contribution in [0.5, 0.6) is 0 Å². The first-order valence-corrected chi connectivity index (χ1v) is 7.85. The number of hydrogen-bond donors (Lipinski definition) is 2. The highest BCUT2D eigenvalue weighted by Crippen LogP contribution is 2.58. The van der Waals surface area contributed by atoms with E-state index in [0.29, 0.717) is 6.54 Å². The normalized spacial score (nSPS) is 23.5. The molecule has 2 fully saturated rings. The number of benzene rings is 1. The largest absolute Gasteiger partial charge is 0.355 e. The Balaban J connectivity index is 0.00000176. The molecule has 122 valence electrons. The van der Waals surface area contributed by atoms with Crippen LogP contribution in [-0.4, -0.2) is 25.5 Å². The highest BCUT2D eigenvalue weighted by atomic mass is 35.5. The first-order chi connectivity index (χ1) is 10.1. The van der Waals surface area contributed by atoms with Crippen molar-refractivity contribution in [3.63, 3.8) is 0 Å². The summed E-state index contributed by atoms with van der Waals surface area (Å²) in [6.07, 6.45) is 3.29. The Kier molecular flexibility index (Phi) is 5.45. The smallest absolute Gasteiger partial charge is 0.223 e. The van der Waals surface area contributed by atoms with Gasteiger partial charge in [0.15, 0.2) is 0 Å². The minimum Gasteiger partial charge on any atom is -0.355 e. The van der Waals surface area contributed by atoms with E-state index < -0.39 is 0 Å². The molecule has 0 bridgehead atoms. The van der Waals surface area contributed by atoms with Gasteiger partial charge in [0.05, 0.1) is 0 Å². The zero-order chi connectivity index (χ0) is 14.9. The maximum absolute atomic E-state index is 12.9. The molecule has 22 heavy (non-hydrogen) atoms. The fourth-order valence-corrected chi connectivity index (χ4v) is 3.48. The summed E-state index contributed by atoms with van der Waals surface area (Å²) in [4.78, 5) is 12.3. The molecule has 1 heterocycles. The van der Waals surface area contributed by atoms with Crippen molar-refractivity contribution in [1.82, 2.24) is 10.6 Å². The van der Waals surface area contributed by atoms with Crippen molar-refractivity contribution >= 4 is 18.3 Å². The Bertz CT molecular complexity index is 514. The first-order valence-electron chi connectivity index (χ1n) is 7.85. The second-order valence-corrected chi connectivity index (χ2v) is 6.57. The zero-order valence-corrected chi connectivity index (χ0v) is 13.7. The second-order valence-electron chi connectivity index (χ2n) is 6.57. The standard InChI is InChI=1S/C17H23FN2O.ClH/c1-12(13-2-4-14(18)5-3-13)11-20-16(21)15-10-17(15)6-8-19-9-7-17;/h2-5,12,15,19H,6-11H2,1H3,(H,20,21);1H. The van der Waals surface area contributed by atoms with E-state index in [1.54, 1.807) is 12.1 Å². The Morgan fingerprint density at radius 1 is 1.36 bits per heavy atom. The van der Waals surface area contributed by atoms with Crippen LogP contribution in [0, 0.1) is 17.2 Å². The van der Waals surface area contributed by atoms with Gasteiger partial charge in [0.2, 0.25) is 5.91 Å². The molecule has 0 aromatic heterocycles. The summed E-state index contributed by atoms with van der Waals surface area (Å²) in [7, 11) is 0. The van der Waals surface area contributed by atoms with Crippen LogP contribution in [0.3, 0.4) is 0 Å². The summed E-state index contributed by atoms with van der Waals surface area (Å²) in [5.41, 5.74) is 1.35. The molecule has 1 saturated heterocycles. The number of piperidine rings is 1. The molecule has 1 aliphatic heterocycles. The lowest BCUT2D eigenvalue weighted by molar-refractivity contribution is -0.123. The van der Waals surface area contributed by atoms with Gasteiger partial charge >= 0.3 is 0 Å². The van der Waals surface area contributed by atoms with Gasteiger partial charge in [-0.3, -0.25) is 4.79 Å². The number of carbonyl (C=O) groups excluding carboxylic acids is 1. The molecule has 3 rings (SSSR count). The van der Waals surface area contributed by atoms with E-state index in [-0.39, 0.29) is 41.4 Å². The van der Waals surface area contributed by atoms with Crippen LogP contribution in [0.25, 0.3) is 0 Å². The van der Waals surface area contributed by atoms with Gasteiger partial charge in [-0.1, -0.05) is 19.1 Å². The Morgan fingerprint density at radius 2 is 2.00 bits per heavy atom. The summed E-state index contributed by atoms with van der Waals surface area (Å²) in [6, 6.07) is 6.52. The molecule has 5 heteroatoms. The van der Waals surface area contributed by atoms with Crippen molar-refractivity contribution in [2.75, 3.05) is 19.6 Å².